The highest BCUT2D eigenvalue weighted by Crippen LogP contribution is 2.40. The van der Waals surface area contributed by atoms with Crippen molar-refractivity contribution in [1.82, 2.24) is 5.32 Å². The third-order valence-corrected chi connectivity index (χ3v) is 6.18. The van der Waals surface area contributed by atoms with Gasteiger partial charge in [-0.1, -0.05) is 48.8 Å². The maximum Gasteiger partial charge on any atom is 0.0348 e. The summed E-state index contributed by atoms with van der Waals surface area (Å²) in [6.45, 7) is 12.5. The van der Waals surface area contributed by atoms with Gasteiger partial charge in [-0.25, -0.2) is 0 Å². The van der Waals surface area contributed by atoms with Crippen LogP contribution in [0, 0.1) is 31.6 Å². The van der Waals surface area contributed by atoms with Gasteiger partial charge in [-0.3, -0.25) is 0 Å². The minimum absolute atomic E-state index is 0.505. The molecular formula is C19H30BrN. The van der Waals surface area contributed by atoms with Crippen LogP contribution >= 0.6 is 15.9 Å². The summed E-state index contributed by atoms with van der Waals surface area (Å²) >= 11 is 3.70. The minimum Gasteiger partial charge on any atom is -0.310 e. The Balaban J connectivity index is 2.30. The lowest BCUT2D eigenvalue weighted by molar-refractivity contribution is 0.177. The van der Waals surface area contributed by atoms with Crippen LogP contribution in [-0.4, -0.2) is 6.54 Å². The Hall–Kier alpha value is -0.340. The fraction of sp³-hybridized carbons (Fsp3) is 0.684. The average molecular weight is 352 g/mol. The molecule has 0 saturated heterocycles. The number of hydrogen-bond donors (Lipinski definition) is 1. The van der Waals surface area contributed by atoms with Crippen molar-refractivity contribution in [1.29, 1.82) is 0 Å². The highest BCUT2D eigenvalue weighted by Gasteiger charge is 2.30. The summed E-state index contributed by atoms with van der Waals surface area (Å²) in [4.78, 5) is 0. The number of aryl methyl sites for hydroxylation is 2. The van der Waals surface area contributed by atoms with Crippen molar-refractivity contribution in [2.75, 3.05) is 6.54 Å². The number of rotatable bonds is 4. The van der Waals surface area contributed by atoms with Gasteiger partial charge in [0.1, 0.15) is 0 Å². The molecule has 1 aromatic carbocycles. The first-order chi connectivity index (χ1) is 9.92. The zero-order valence-corrected chi connectivity index (χ0v) is 15.8. The lowest BCUT2D eigenvalue weighted by Gasteiger charge is -2.37. The Morgan fingerprint density at radius 3 is 2.10 bits per heavy atom. The Morgan fingerprint density at radius 1 is 1.10 bits per heavy atom. The number of nitrogens with one attached hydrogen (secondary N) is 1. The van der Waals surface area contributed by atoms with Crippen molar-refractivity contribution in [2.24, 2.45) is 17.8 Å². The van der Waals surface area contributed by atoms with Gasteiger partial charge in [0.05, 0.1) is 0 Å². The molecule has 0 bridgehead atoms. The predicted molar refractivity (Wildman–Crippen MR) is 95.7 cm³/mol. The van der Waals surface area contributed by atoms with Gasteiger partial charge in [0.2, 0.25) is 0 Å². The third kappa shape index (κ3) is 4.10. The fourth-order valence-electron chi connectivity index (χ4n) is 4.22. The normalized spacial score (nSPS) is 27.6. The highest BCUT2D eigenvalue weighted by atomic mass is 79.9. The van der Waals surface area contributed by atoms with Crippen LogP contribution in [0.3, 0.4) is 0 Å². The lowest BCUT2D eigenvalue weighted by atomic mass is 9.72. The second-order valence-electron chi connectivity index (χ2n) is 7.18. The summed E-state index contributed by atoms with van der Waals surface area (Å²) in [5.41, 5.74) is 4.18. The zero-order valence-electron chi connectivity index (χ0n) is 14.2. The Labute approximate surface area is 139 Å². The van der Waals surface area contributed by atoms with Gasteiger partial charge in [0, 0.05) is 10.5 Å². The van der Waals surface area contributed by atoms with Crippen molar-refractivity contribution in [3.63, 3.8) is 0 Å². The van der Waals surface area contributed by atoms with E-state index in [9.17, 15) is 0 Å². The van der Waals surface area contributed by atoms with Gasteiger partial charge in [0.15, 0.2) is 0 Å². The van der Waals surface area contributed by atoms with E-state index in [2.05, 4.69) is 68.0 Å². The number of halogens is 1. The molecule has 0 amide bonds. The van der Waals surface area contributed by atoms with Crippen LogP contribution in [0.4, 0.5) is 0 Å². The molecule has 21 heavy (non-hydrogen) atoms. The van der Waals surface area contributed by atoms with E-state index >= 15 is 0 Å². The first-order valence-corrected chi connectivity index (χ1v) is 9.21. The van der Waals surface area contributed by atoms with Crippen LogP contribution in [0.5, 0.6) is 0 Å². The molecule has 1 N–H and O–H groups in total. The first kappa shape index (κ1) is 17.0. The molecule has 3 unspecified atom stereocenters. The van der Waals surface area contributed by atoms with E-state index in [0.29, 0.717) is 6.04 Å². The van der Waals surface area contributed by atoms with E-state index in [-0.39, 0.29) is 0 Å². The van der Waals surface area contributed by atoms with E-state index in [1.807, 2.05) is 0 Å². The van der Waals surface area contributed by atoms with Gasteiger partial charge in [-0.2, -0.15) is 0 Å². The molecule has 3 atom stereocenters. The van der Waals surface area contributed by atoms with E-state index in [1.54, 1.807) is 0 Å². The molecule has 1 saturated carbocycles. The summed E-state index contributed by atoms with van der Waals surface area (Å²) in [7, 11) is 0. The molecule has 0 heterocycles. The van der Waals surface area contributed by atoms with Crippen LogP contribution in [0.15, 0.2) is 16.6 Å². The Morgan fingerprint density at radius 2 is 1.62 bits per heavy atom. The molecule has 1 aliphatic carbocycles. The van der Waals surface area contributed by atoms with Crippen LogP contribution in [0.1, 0.15) is 62.8 Å². The van der Waals surface area contributed by atoms with Gasteiger partial charge in [-0.05, 0) is 74.1 Å². The SMILES string of the molecule is CCNC(c1cc(C)c(Br)c(C)c1)C1CC(C)CC(C)C1. The van der Waals surface area contributed by atoms with Crippen molar-refractivity contribution in [3.05, 3.63) is 33.3 Å². The molecule has 2 rings (SSSR count). The molecule has 0 radical (unpaired) electrons. The highest BCUT2D eigenvalue weighted by molar-refractivity contribution is 9.10. The molecule has 1 aliphatic rings. The van der Waals surface area contributed by atoms with E-state index in [4.69, 9.17) is 0 Å². The summed E-state index contributed by atoms with van der Waals surface area (Å²) in [5, 5.41) is 3.77. The quantitative estimate of drug-likeness (QED) is 0.723. The van der Waals surface area contributed by atoms with Crippen LogP contribution in [0.2, 0.25) is 0 Å². The van der Waals surface area contributed by atoms with E-state index < -0.39 is 0 Å². The fourth-order valence-corrected chi connectivity index (χ4v) is 4.45. The third-order valence-electron chi connectivity index (χ3n) is 4.93. The lowest BCUT2D eigenvalue weighted by Crippen LogP contribution is -2.33. The van der Waals surface area contributed by atoms with Crippen molar-refractivity contribution < 1.29 is 0 Å². The Bertz CT molecular complexity index is 449. The molecule has 1 fully saturated rings. The molecule has 1 aromatic rings. The summed E-state index contributed by atoms with van der Waals surface area (Å²) in [6.07, 6.45) is 4.11. The number of benzene rings is 1. The van der Waals surface area contributed by atoms with Gasteiger partial charge in [0.25, 0.3) is 0 Å². The number of hydrogen-bond acceptors (Lipinski definition) is 1. The monoisotopic (exact) mass is 351 g/mol. The van der Waals surface area contributed by atoms with Crippen LogP contribution < -0.4 is 5.32 Å². The molecule has 0 aliphatic heterocycles. The van der Waals surface area contributed by atoms with Crippen LogP contribution in [-0.2, 0) is 0 Å². The largest absolute Gasteiger partial charge is 0.310 e. The molecule has 2 heteroatoms. The van der Waals surface area contributed by atoms with Crippen LogP contribution in [0.25, 0.3) is 0 Å². The van der Waals surface area contributed by atoms with Gasteiger partial charge in [-0.15, -0.1) is 0 Å². The summed E-state index contributed by atoms with van der Waals surface area (Å²) in [5.74, 6) is 2.48. The first-order valence-electron chi connectivity index (χ1n) is 8.42. The summed E-state index contributed by atoms with van der Waals surface area (Å²) < 4.78 is 1.26. The van der Waals surface area contributed by atoms with Crippen molar-refractivity contribution in [3.8, 4) is 0 Å². The minimum atomic E-state index is 0.505. The van der Waals surface area contributed by atoms with Crippen molar-refractivity contribution in [2.45, 2.75) is 59.9 Å². The van der Waals surface area contributed by atoms with Crippen molar-refractivity contribution >= 4 is 15.9 Å². The molecule has 0 spiro atoms. The smallest absolute Gasteiger partial charge is 0.0348 e. The van der Waals surface area contributed by atoms with Gasteiger partial charge >= 0.3 is 0 Å². The van der Waals surface area contributed by atoms with E-state index in [1.165, 1.54) is 40.4 Å². The van der Waals surface area contributed by atoms with Gasteiger partial charge < -0.3 is 5.32 Å². The Kier molecular flexibility index (Phi) is 5.90. The molecule has 118 valence electrons. The molecule has 0 aromatic heterocycles. The molecular weight excluding hydrogens is 322 g/mol. The topological polar surface area (TPSA) is 12.0 Å². The van der Waals surface area contributed by atoms with E-state index in [0.717, 1.165) is 24.3 Å². The summed E-state index contributed by atoms with van der Waals surface area (Å²) in [6, 6.07) is 5.24. The predicted octanol–water partition coefficient (Wildman–Crippen LogP) is 5.79. The second-order valence-corrected chi connectivity index (χ2v) is 7.97. The average Bonchev–Trinajstić information content (AvgIpc) is 2.40. The zero-order chi connectivity index (χ0) is 15.6. The standard InChI is InChI=1S/C19H30BrN/c1-6-21-19(16-8-12(2)7-13(3)9-16)17-10-14(4)18(20)15(5)11-17/h10-13,16,19,21H,6-9H2,1-5H3. The maximum absolute atomic E-state index is 3.77. The molecule has 1 nitrogen and oxygen atoms in total. The second kappa shape index (κ2) is 7.28. The maximum atomic E-state index is 3.77.